The Morgan fingerprint density at radius 1 is 1.08 bits per heavy atom. The Hall–Kier alpha value is -2.43. The van der Waals surface area contributed by atoms with Gasteiger partial charge in [0.2, 0.25) is 0 Å². The summed E-state index contributed by atoms with van der Waals surface area (Å²) in [5, 5.41) is 5.35. The number of rotatable bonds is 4. The second-order valence-corrected chi connectivity index (χ2v) is 7.39. The predicted molar refractivity (Wildman–Crippen MR) is 91.8 cm³/mol. The smallest absolute Gasteiger partial charge is 0.254 e. The fourth-order valence-corrected chi connectivity index (χ4v) is 5.00. The maximum atomic E-state index is 12.8. The molecule has 4 aliphatic carbocycles. The van der Waals surface area contributed by atoms with Gasteiger partial charge in [0, 0.05) is 0 Å². The maximum Gasteiger partial charge on any atom is 0.254 e. The molecule has 0 aromatic heterocycles. The van der Waals surface area contributed by atoms with Crippen molar-refractivity contribution in [3.63, 3.8) is 0 Å². The molecule has 1 saturated heterocycles. The first-order valence-electron chi connectivity index (χ1n) is 9.02. The van der Waals surface area contributed by atoms with Gasteiger partial charge in [-0.2, -0.15) is 10.1 Å². The Balaban J connectivity index is 1.37. The van der Waals surface area contributed by atoms with Crippen molar-refractivity contribution in [2.45, 2.75) is 13.3 Å². The Labute approximate surface area is 146 Å². The number of carbonyl (C=O) groups excluding carboxylic acids is 2. The van der Waals surface area contributed by atoms with Crippen LogP contribution in [0.15, 0.2) is 41.5 Å². The van der Waals surface area contributed by atoms with Gasteiger partial charge in [0.05, 0.1) is 24.7 Å². The van der Waals surface area contributed by atoms with Crippen LogP contribution < -0.4 is 4.74 Å². The van der Waals surface area contributed by atoms with Crippen molar-refractivity contribution >= 4 is 18.0 Å². The van der Waals surface area contributed by atoms with Crippen LogP contribution >= 0.6 is 0 Å². The van der Waals surface area contributed by atoms with Gasteiger partial charge >= 0.3 is 0 Å². The third-order valence-electron chi connectivity index (χ3n) is 6.15. The first-order valence-corrected chi connectivity index (χ1v) is 9.02. The Morgan fingerprint density at radius 2 is 1.68 bits per heavy atom. The van der Waals surface area contributed by atoms with E-state index in [-0.39, 0.29) is 35.5 Å². The molecule has 5 nitrogen and oxygen atoms in total. The van der Waals surface area contributed by atoms with Crippen LogP contribution in [0.25, 0.3) is 0 Å². The van der Waals surface area contributed by atoms with Gasteiger partial charge in [0.1, 0.15) is 5.75 Å². The molecule has 25 heavy (non-hydrogen) atoms. The van der Waals surface area contributed by atoms with E-state index in [4.69, 9.17) is 4.74 Å². The van der Waals surface area contributed by atoms with Gasteiger partial charge < -0.3 is 4.74 Å². The molecule has 1 aromatic rings. The SMILES string of the molecule is CCOc1ccc(/C=N\N2C(=O)[C@@H]3[C@H]4C=C[C@@H]([C@@H]5C[C@H]45)[C@H]3C2=O)cc1. The fourth-order valence-electron chi connectivity index (χ4n) is 5.00. The lowest BCUT2D eigenvalue weighted by atomic mass is 9.63. The molecule has 0 N–H and O–H groups in total. The molecule has 0 unspecified atom stereocenters. The van der Waals surface area contributed by atoms with Crippen LogP contribution in [0.2, 0.25) is 0 Å². The van der Waals surface area contributed by atoms with E-state index < -0.39 is 0 Å². The van der Waals surface area contributed by atoms with Crippen molar-refractivity contribution in [1.82, 2.24) is 5.01 Å². The van der Waals surface area contributed by atoms with Crippen molar-refractivity contribution < 1.29 is 14.3 Å². The highest BCUT2D eigenvalue weighted by Crippen LogP contribution is 2.65. The Morgan fingerprint density at radius 3 is 2.24 bits per heavy atom. The molecule has 0 spiro atoms. The molecule has 0 radical (unpaired) electrons. The monoisotopic (exact) mass is 336 g/mol. The molecule has 128 valence electrons. The standard InChI is InChI=1S/C20H20N2O3/c1-2-25-12-5-3-11(4-6-12)10-21-22-19(23)17-13-7-8-14(16-9-15(13)16)18(17)20(22)24/h3-8,10,13-18H,2,9H2,1H3/b21-10-/t13-,14-,15-,16+,17+,18+/m0/s1. The summed E-state index contributed by atoms with van der Waals surface area (Å²) < 4.78 is 5.41. The zero-order chi connectivity index (χ0) is 17.1. The van der Waals surface area contributed by atoms with Gasteiger partial charge in [-0.3, -0.25) is 9.59 Å². The van der Waals surface area contributed by atoms with Gasteiger partial charge in [-0.05, 0) is 66.8 Å². The van der Waals surface area contributed by atoms with Crippen LogP contribution in [0.3, 0.4) is 0 Å². The number of amides is 2. The van der Waals surface area contributed by atoms with Gasteiger partial charge in [-0.25, -0.2) is 0 Å². The molecular weight excluding hydrogens is 316 g/mol. The zero-order valence-corrected chi connectivity index (χ0v) is 14.0. The second-order valence-electron chi connectivity index (χ2n) is 7.39. The molecule has 3 fully saturated rings. The van der Waals surface area contributed by atoms with E-state index in [1.165, 1.54) is 6.42 Å². The van der Waals surface area contributed by atoms with E-state index in [9.17, 15) is 9.59 Å². The van der Waals surface area contributed by atoms with Crippen LogP contribution in [0.5, 0.6) is 5.75 Å². The molecule has 2 amide bonds. The summed E-state index contributed by atoms with van der Waals surface area (Å²) in [5.41, 5.74) is 0.836. The number of allylic oxidation sites excluding steroid dienone is 2. The minimum atomic E-state index is -0.191. The van der Waals surface area contributed by atoms with Crippen molar-refractivity contribution in [2.24, 2.45) is 40.6 Å². The Kier molecular flexibility index (Phi) is 3.14. The van der Waals surface area contributed by atoms with Crippen molar-refractivity contribution in [2.75, 3.05) is 6.61 Å². The van der Waals surface area contributed by atoms with E-state index in [1.807, 2.05) is 31.2 Å². The highest BCUT2D eigenvalue weighted by molar-refractivity contribution is 6.06. The normalized spacial score (nSPS) is 37.6. The van der Waals surface area contributed by atoms with Gasteiger partial charge in [-0.15, -0.1) is 0 Å². The third-order valence-corrected chi connectivity index (χ3v) is 6.15. The van der Waals surface area contributed by atoms with Gasteiger partial charge in [0.15, 0.2) is 0 Å². The predicted octanol–water partition coefficient (Wildman–Crippen LogP) is 2.47. The number of hydrazone groups is 1. The summed E-state index contributed by atoms with van der Waals surface area (Å²) in [4.78, 5) is 25.6. The molecule has 6 atom stereocenters. The topological polar surface area (TPSA) is 59.0 Å². The molecule has 2 bridgehead atoms. The van der Waals surface area contributed by atoms with Crippen LogP contribution in [0, 0.1) is 35.5 Å². The highest BCUT2D eigenvalue weighted by Gasteiger charge is 2.67. The molecule has 6 rings (SSSR count). The van der Waals surface area contributed by atoms with Gasteiger partial charge in [0.25, 0.3) is 11.8 Å². The average Bonchev–Trinajstić information content (AvgIpc) is 3.41. The minimum Gasteiger partial charge on any atom is -0.494 e. The highest BCUT2D eigenvalue weighted by atomic mass is 16.5. The van der Waals surface area contributed by atoms with E-state index >= 15 is 0 Å². The van der Waals surface area contributed by atoms with Gasteiger partial charge in [-0.1, -0.05) is 12.2 Å². The molecule has 1 aromatic carbocycles. The van der Waals surface area contributed by atoms with E-state index in [1.54, 1.807) is 6.21 Å². The first-order chi connectivity index (χ1) is 12.2. The van der Waals surface area contributed by atoms with Crippen LogP contribution in [-0.4, -0.2) is 29.6 Å². The lowest BCUT2D eigenvalue weighted by Gasteiger charge is -2.37. The summed E-state index contributed by atoms with van der Waals surface area (Å²) in [5.74, 6) is 1.87. The molecular formula is C20H20N2O3. The number of hydrogen-bond donors (Lipinski definition) is 0. The van der Waals surface area contributed by atoms with E-state index in [0.29, 0.717) is 18.4 Å². The third kappa shape index (κ3) is 2.11. The summed E-state index contributed by atoms with van der Waals surface area (Å²) in [6.07, 6.45) is 7.10. The number of ether oxygens (including phenoxy) is 1. The fraction of sp³-hybridized carbons (Fsp3) is 0.450. The lowest BCUT2D eigenvalue weighted by Crippen LogP contribution is -2.40. The van der Waals surface area contributed by atoms with E-state index in [2.05, 4.69) is 17.3 Å². The van der Waals surface area contributed by atoms with Crippen molar-refractivity contribution in [3.05, 3.63) is 42.0 Å². The molecule has 1 aliphatic heterocycles. The summed E-state index contributed by atoms with van der Waals surface area (Å²) >= 11 is 0. The maximum absolute atomic E-state index is 12.8. The quantitative estimate of drug-likeness (QED) is 0.482. The lowest BCUT2D eigenvalue weighted by molar-refractivity contribution is -0.140. The van der Waals surface area contributed by atoms with E-state index in [0.717, 1.165) is 16.3 Å². The molecule has 5 aliphatic rings. The summed E-state index contributed by atoms with van der Waals surface area (Å²) in [6, 6.07) is 7.45. The number of benzene rings is 1. The van der Waals surface area contributed by atoms with Crippen molar-refractivity contribution in [1.29, 1.82) is 0 Å². The molecule has 5 heteroatoms. The Bertz CT molecular complexity index is 762. The number of carbonyl (C=O) groups is 2. The average molecular weight is 336 g/mol. The summed E-state index contributed by atoms with van der Waals surface area (Å²) in [6.45, 7) is 2.55. The largest absolute Gasteiger partial charge is 0.494 e. The molecule has 2 saturated carbocycles. The van der Waals surface area contributed by atoms with Crippen LogP contribution in [0.4, 0.5) is 0 Å². The van der Waals surface area contributed by atoms with Crippen LogP contribution in [-0.2, 0) is 9.59 Å². The first kappa shape index (κ1) is 14.9. The molecule has 1 heterocycles. The number of nitrogens with zero attached hydrogens (tertiary/aromatic N) is 2. The number of imide groups is 1. The number of hydrogen-bond acceptors (Lipinski definition) is 4. The van der Waals surface area contributed by atoms with Crippen LogP contribution in [0.1, 0.15) is 18.9 Å². The summed E-state index contributed by atoms with van der Waals surface area (Å²) in [7, 11) is 0. The second kappa shape index (κ2) is 5.28. The van der Waals surface area contributed by atoms with Crippen molar-refractivity contribution in [3.8, 4) is 5.75 Å². The minimum absolute atomic E-state index is 0.123. The zero-order valence-electron chi connectivity index (χ0n) is 14.0.